The van der Waals surface area contributed by atoms with Crippen molar-refractivity contribution in [1.29, 1.82) is 5.26 Å². The second-order valence-corrected chi connectivity index (χ2v) is 8.02. The number of aromatic amines is 1. The number of halogens is 1. The minimum Gasteiger partial charge on any atom is -0.480 e. The van der Waals surface area contributed by atoms with Crippen LogP contribution in [0.1, 0.15) is 17.2 Å². The number of nitriles is 1. The first kappa shape index (κ1) is 21.2. The molecule has 8 heteroatoms. The summed E-state index contributed by atoms with van der Waals surface area (Å²) in [5.41, 5.74) is 2.69. The summed E-state index contributed by atoms with van der Waals surface area (Å²) in [6, 6.07) is 14.4. The summed E-state index contributed by atoms with van der Waals surface area (Å²) in [7, 11) is 0. The van der Waals surface area contributed by atoms with Gasteiger partial charge in [-0.25, -0.2) is 0 Å². The molecule has 4 rings (SSSR count). The van der Waals surface area contributed by atoms with Crippen molar-refractivity contribution in [3.8, 4) is 11.8 Å². The fourth-order valence-electron chi connectivity index (χ4n) is 4.11. The first-order valence-electron chi connectivity index (χ1n) is 10.1. The van der Waals surface area contributed by atoms with Crippen molar-refractivity contribution in [3.05, 3.63) is 64.8 Å². The van der Waals surface area contributed by atoms with Crippen molar-refractivity contribution in [2.45, 2.75) is 12.6 Å². The lowest BCUT2D eigenvalue weighted by Crippen LogP contribution is -2.48. The molecule has 0 aliphatic carbocycles. The van der Waals surface area contributed by atoms with Gasteiger partial charge < -0.3 is 14.8 Å². The number of carbonyl (C=O) groups is 1. The highest BCUT2D eigenvalue weighted by atomic mass is 35.5. The molecule has 1 fully saturated rings. The monoisotopic (exact) mass is 438 g/mol. The molecule has 0 saturated carbocycles. The summed E-state index contributed by atoms with van der Waals surface area (Å²) < 4.78 is 5.40. The fourth-order valence-corrected chi connectivity index (χ4v) is 4.32. The Balaban J connectivity index is 1.50. The molecule has 0 bridgehead atoms. The van der Waals surface area contributed by atoms with Gasteiger partial charge in [-0.1, -0.05) is 23.7 Å². The number of fused-ring (bicyclic) bond motifs is 1. The quantitative estimate of drug-likeness (QED) is 0.584. The molecular weight excluding hydrogens is 416 g/mol. The van der Waals surface area contributed by atoms with E-state index >= 15 is 0 Å². The van der Waals surface area contributed by atoms with Crippen LogP contribution < -0.4 is 4.74 Å². The predicted octanol–water partition coefficient (Wildman–Crippen LogP) is 3.67. The SMILES string of the molecule is N#CCOc1ccc2[nH]cc([C@H](C(=O)O)N3CCN(Cc4cccc(Cl)c4)CC3)c2c1. The van der Waals surface area contributed by atoms with E-state index in [-0.39, 0.29) is 6.61 Å². The van der Waals surface area contributed by atoms with Crippen LogP contribution in [0.3, 0.4) is 0 Å². The molecule has 7 nitrogen and oxygen atoms in total. The Morgan fingerprint density at radius 2 is 2.03 bits per heavy atom. The van der Waals surface area contributed by atoms with Crippen molar-refractivity contribution in [2.24, 2.45) is 0 Å². The zero-order chi connectivity index (χ0) is 21.8. The summed E-state index contributed by atoms with van der Waals surface area (Å²) in [5.74, 6) is -0.335. The van der Waals surface area contributed by atoms with Crippen molar-refractivity contribution >= 4 is 28.5 Å². The zero-order valence-electron chi connectivity index (χ0n) is 16.9. The smallest absolute Gasteiger partial charge is 0.325 e. The largest absolute Gasteiger partial charge is 0.480 e. The van der Waals surface area contributed by atoms with E-state index in [2.05, 4.69) is 16.0 Å². The molecule has 0 spiro atoms. The van der Waals surface area contributed by atoms with Gasteiger partial charge in [-0.3, -0.25) is 14.6 Å². The number of hydrogen-bond donors (Lipinski definition) is 2. The van der Waals surface area contributed by atoms with Crippen LogP contribution >= 0.6 is 11.6 Å². The summed E-state index contributed by atoms with van der Waals surface area (Å²) >= 11 is 6.09. The van der Waals surface area contributed by atoms with Crippen LogP contribution in [-0.2, 0) is 11.3 Å². The van der Waals surface area contributed by atoms with Gasteiger partial charge in [0.15, 0.2) is 6.61 Å². The van der Waals surface area contributed by atoms with Crippen molar-refractivity contribution < 1.29 is 14.6 Å². The van der Waals surface area contributed by atoms with Crippen molar-refractivity contribution in [1.82, 2.24) is 14.8 Å². The van der Waals surface area contributed by atoms with Gasteiger partial charge >= 0.3 is 5.97 Å². The molecule has 1 aliphatic heterocycles. The standard InChI is InChI=1S/C23H23ClN4O3/c24-17-3-1-2-16(12-17)15-27-7-9-28(10-8-27)22(23(29)30)20-14-26-21-5-4-18(13-19(20)21)31-11-6-25/h1-5,12-14,22,26H,7-11,15H2,(H,29,30)/t22-/m1/s1. The summed E-state index contributed by atoms with van der Waals surface area (Å²) in [6.45, 7) is 3.58. The highest BCUT2D eigenvalue weighted by molar-refractivity contribution is 6.30. The Bertz CT molecular complexity index is 1120. The molecule has 31 heavy (non-hydrogen) atoms. The van der Waals surface area contributed by atoms with Gasteiger partial charge in [0.1, 0.15) is 17.9 Å². The number of carboxylic acids is 1. The molecule has 2 heterocycles. The molecule has 1 aromatic heterocycles. The number of aliphatic carboxylic acids is 1. The van der Waals surface area contributed by atoms with Crippen LogP contribution in [-0.4, -0.2) is 58.6 Å². The van der Waals surface area contributed by atoms with Crippen LogP contribution in [0.15, 0.2) is 48.7 Å². The van der Waals surface area contributed by atoms with Crippen LogP contribution in [0.4, 0.5) is 0 Å². The van der Waals surface area contributed by atoms with E-state index in [0.717, 1.165) is 41.1 Å². The average molecular weight is 439 g/mol. The number of rotatable bonds is 7. The fraction of sp³-hybridized carbons (Fsp3) is 0.304. The number of carboxylic acid groups (broad SMARTS) is 1. The molecule has 160 valence electrons. The van der Waals surface area contributed by atoms with Gasteiger partial charge in [0, 0.05) is 60.4 Å². The van der Waals surface area contributed by atoms with E-state index in [9.17, 15) is 9.90 Å². The van der Waals surface area contributed by atoms with E-state index in [1.54, 1.807) is 18.3 Å². The van der Waals surface area contributed by atoms with Crippen molar-refractivity contribution in [2.75, 3.05) is 32.8 Å². The minimum absolute atomic E-state index is 0.0534. The molecule has 3 aromatic rings. The van der Waals surface area contributed by atoms with E-state index < -0.39 is 12.0 Å². The normalized spacial score (nSPS) is 16.1. The zero-order valence-corrected chi connectivity index (χ0v) is 17.7. The lowest BCUT2D eigenvalue weighted by molar-refractivity contribution is -0.144. The summed E-state index contributed by atoms with van der Waals surface area (Å²) in [4.78, 5) is 19.7. The first-order chi connectivity index (χ1) is 15.0. The van der Waals surface area contributed by atoms with Crippen LogP contribution in [0.2, 0.25) is 5.02 Å². The number of piperazine rings is 1. The third-order valence-corrected chi connectivity index (χ3v) is 5.82. The maximum Gasteiger partial charge on any atom is 0.325 e. The van der Waals surface area contributed by atoms with Crippen LogP contribution in [0.5, 0.6) is 5.75 Å². The summed E-state index contributed by atoms with van der Waals surface area (Å²) in [5, 5.41) is 20.3. The maximum atomic E-state index is 12.2. The molecule has 1 saturated heterocycles. The molecule has 1 atom stereocenters. The third-order valence-electron chi connectivity index (χ3n) is 5.58. The van der Waals surface area contributed by atoms with E-state index in [1.807, 2.05) is 35.2 Å². The number of H-pyrrole nitrogens is 1. The number of aromatic nitrogens is 1. The second-order valence-electron chi connectivity index (χ2n) is 7.58. The van der Waals surface area contributed by atoms with E-state index in [4.69, 9.17) is 21.6 Å². The van der Waals surface area contributed by atoms with Gasteiger partial charge in [-0.05, 0) is 35.9 Å². The Morgan fingerprint density at radius 3 is 2.74 bits per heavy atom. The number of benzene rings is 2. The Morgan fingerprint density at radius 1 is 1.23 bits per heavy atom. The number of nitrogens with one attached hydrogen (secondary N) is 1. The average Bonchev–Trinajstić information content (AvgIpc) is 3.16. The minimum atomic E-state index is -0.882. The Kier molecular flexibility index (Phi) is 6.42. The van der Waals surface area contributed by atoms with E-state index in [0.29, 0.717) is 24.4 Å². The summed E-state index contributed by atoms with van der Waals surface area (Å²) in [6.07, 6.45) is 1.76. The topological polar surface area (TPSA) is 92.6 Å². The van der Waals surface area contributed by atoms with Crippen LogP contribution in [0, 0.1) is 11.3 Å². The first-order valence-corrected chi connectivity index (χ1v) is 10.5. The molecule has 2 aromatic carbocycles. The Labute approximate surface area is 185 Å². The second kappa shape index (κ2) is 9.40. The molecule has 0 unspecified atom stereocenters. The predicted molar refractivity (Wildman–Crippen MR) is 118 cm³/mol. The van der Waals surface area contributed by atoms with E-state index in [1.165, 1.54) is 0 Å². The van der Waals surface area contributed by atoms with Gasteiger partial charge in [0.25, 0.3) is 0 Å². The molecule has 2 N–H and O–H groups in total. The van der Waals surface area contributed by atoms with Gasteiger partial charge in [0.2, 0.25) is 0 Å². The van der Waals surface area contributed by atoms with Gasteiger partial charge in [-0.15, -0.1) is 0 Å². The lowest BCUT2D eigenvalue weighted by atomic mass is 10.0. The highest BCUT2D eigenvalue weighted by Gasteiger charge is 2.32. The maximum absolute atomic E-state index is 12.2. The van der Waals surface area contributed by atoms with Crippen molar-refractivity contribution in [3.63, 3.8) is 0 Å². The Hall–Kier alpha value is -3.05. The number of nitrogens with zero attached hydrogens (tertiary/aromatic N) is 3. The van der Waals surface area contributed by atoms with Crippen LogP contribution in [0.25, 0.3) is 10.9 Å². The molecule has 0 amide bonds. The van der Waals surface area contributed by atoms with Gasteiger partial charge in [0.05, 0.1) is 0 Å². The molecule has 0 radical (unpaired) electrons. The van der Waals surface area contributed by atoms with Gasteiger partial charge in [-0.2, -0.15) is 5.26 Å². The third kappa shape index (κ3) is 4.83. The molecule has 1 aliphatic rings. The number of ether oxygens (including phenoxy) is 1. The lowest BCUT2D eigenvalue weighted by Gasteiger charge is -2.37. The highest BCUT2D eigenvalue weighted by Crippen LogP contribution is 2.32. The number of hydrogen-bond acceptors (Lipinski definition) is 5. The molecular formula is C23H23ClN4O3.